The average Bonchev–Trinajstić information content (AvgIpc) is 2.85. The molecule has 0 bridgehead atoms. The molecule has 7 heteroatoms. The Labute approximate surface area is 135 Å². The monoisotopic (exact) mass is 369 g/mol. The van der Waals surface area contributed by atoms with Gasteiger partial charge in [-0.1, -0.05) is 12.1 Å². The zero-order valence-electron chi connectivity index (χ0n) is 10.6. The second kappa shape index (κ2) is 7.37. The Bertz CT molecular complexity index is 628. The molecule has 2 N–H and O–H groups in total. The van der Waals surface area contributed by atoms with Crippen LogP contribution in [0, 0.1) is 0 Å². The molecule has 0 atom stereocenters. The van der Waals surface area contributed by atoms with Crippen LogP contribution < -0.4 is 15.5 Å². The summed E-state index contributed by atoms with van der Waals surface area (Å²) >= 11 is 10.2. The van der Waals surface area contributed by atoms with E-state index in [-0.39, 0.29) is 0 Å². The first kappa shape index (κ1) is 15.0. The first-order valence-electron chi connectivity index (χ1n) is 5.67. The Kier molecular flexibility index (Phi) is 5.51. The predicted octanol–water partition coefficient (Wildman–Crippen LogP) is 3.84. The number of ether oxygens (including phenoxy) is 1. The number of para-hydroxylation sites is 2. The highest BCUT2D eigenvalue weighted by Crippen LogP contribution is 2.23. The minimum Gasteiger partial charge on any atom is -0.495 e. The summed E-state index contributed by atoms with van der Waals surface area (Å²) in [5.74, 6) is 0.725. The van der Waals surface area contributed by atoms with Crippen LogP contribution in [-0.2, 0) is 0 Å². The highest BCUT2D eigenvalue weighted by molar-refractivity contribution is 9.11. The van der Waals surface area contributed by atoms with E-state index >= 15 is 0 Å². The molecule has 0 fully saturated rings. The van der Waals surface area contributed by atoms with Crippen molar-refractivity contribution >= 4 is 56.5 Å². The topological polar surface area (TPSA) is 45.6 Å². The number of nitrogens with zero attached hydrogens (tertiary/aromatic N) is 1. The van der Waals surface area contributed by atoms with Crippen molar-refractivity contribution in [2.45, 2.75) is 0 Å². The van der Waals surface area contributed by atoms with Crippen molar-refractivity contribution in [3.8, 4) is 5.75 Å². The van der Waals surface area contributed by atoms with Gasteiger partial charge in [0.15, 0.2) is 5.11 Å². The number of thiophene rings is 1. The second-order valence-corrected chi connectivity index (χ2v) is 6.57. The molecule has 0 saturated heterocycles. The van der Waals surface area contributed by atoms with Gasteiger partial charge in [-0.15, -0.1) is 11.3 Å². The fourth-order valence-corrected chi connectivity index (χ4v) is 2.91. The number of thiocarbonyl (C=S) groups is 1. The van der Waals surface area contributed by atoms with Crippen LogP contribution in [0.4, 0.5) is 5.69 Å². The van der Waals surface area contributed by atoms with Crippen molar-refractivity contribution in [2.75, 3.05) is 12.4 Å². The number of methoxy groups -OCH3 is 1. The molecule has 0 unspecified atom stereocenters. The summed E-state index contributed by atoms with van der Waals surface area (Å²) in [6, 6.07) is 11.5. The normalized spacial score (nSPS) is 10.5. The third kappa shape index (κ3) is 4.29. The number of halogens is 1. The lowest BCUT2D eigenvalue weighted by molar-refractivity contribution is 0.417. The van der Waals surface area contributed by atoms with Crippen molar-refractivity contribution in [2.24, 2.45) is 5.10 Å². The molecule has 1 aromatic heterocycles. The first-order valence-corrected chi connectivity index (χ1v) is 7.69. The summed E-state index contributed by atoms with van der Waals surface area (Å²) in [6.07, 6.45) is 1.71. The van der Waals surface area contributed by atoms with Crippen molar-refractivity contribution in [1.82, 2.24) is 5.43 Å². The summed E-state index contributed by atoms with van der Waals surface area (Å²) in [6.45, 7) is 0. The van der Waals surface area contributed by atoms with E-state index in [2.05, 4.69) is 31.8 Å². The number of rotatable bonds is 4. The van der Waals surface area contributed by atoms with Gasteiger partial charge in [0.25, 0.3) is 0 Å². The van der Waals surface area contributed by atoms with E-state index in [1.54, 1.807) is 24.7 Å². The minimum absolute atomic E-state index is 0.404. The molecule has 104 valence electrons. The molecule has 1 aromatic carbocycles. The maximum Gasteiger partial charge on any atom is 0.191 e. The van der Waals surface area contributed by atoms with E-state index < -0.39 is 0 Å². The number of hydrazone groups is 1. The lowest BCUT2D eigenvalue weighted by atomic mass is 10.3. The van der Waals surface area contributed by atoms with Gasteiger partial charge < -0.3 is 10.1 Å². The number of anilines is 1. The third-order valence-electron chi connectivity index (χ3n) is 2.31. The maximum atomic E-state index is 5.23. The Hall–Kier alpha value is -1.44. The lowest BCUT2D eigenvalue weighted by Crippen LogP contribution is -2.24. The summed E-state index contributed by atoms with van der Waals surface area (Å²) in [4.78, 5) is 1.03. The Morgan fingerprint density at radius 2 is 2.15 bits per heavy atom. The molecule has 4 nitrogen and oxygen atoms in total. The largest absolute Gasteiger partial charge is 0.495 e. The van der Waals surface area contributed by atoms with Crippen LogP contribution in [0.1, 0.15) is 4.88 Å². The van der Waals surface area contributed by atoms with Gasteiger partial charge >= 0.3 is 0 Å². The molecule has 2 rings (SSSR count). The van der Waals surface area contributed by atoms with Gasteiger partial charge in [-0.3, -0.25) is 5.43 Å². The molecular weight excluding hydrogens is 358 g/mol. The highest BCUT2D eigenvalue weighted by Gasteiger charge is 2.02. The predicted molar refractivity (Wildman–Crippen MR) is 92.0 cm³/mol. The third-order valence-corrected chi connectivity index (χ3v) is 4.06. The average molecular weight is 370 g/mol. The summed E-state index contributed by atoms with van der Waals surface area (Å²) < 4.78 is 6.29. The summed E-state index contributed by atoms with van der Waals surface area (Å²) in [5, 5.41) is 7.51. The van der Waals surface area contributed by atoms with Crippen LogP contribution in [-0.4, -0.2) is 18.4 Å². The fraction of sp³-hybridized carbons (Fsp3) is 0.0769. The molecular formula is C13H12BrN3OS2. The van der Waals surface area contributed by atoms with Crippen LogP contribution in [0.25, 0.3) is 0 Å². The number of benzene rings is 1. The summed E-state index contributed by atoms with van der Waals surface area (Å²) in [7, 11) is 1.61. The number of hydrogen-bond acceptors (Lipinski definition) is 4. The smallest absolute Gasteiger partial charge is 0.191 e. The van der Waals surface area contributed by atoms with Crippen molar-refractivity contribution in [1.29, 1.82) is 0 Å². The molecule has 0 aliphatic carbocycles. The Balaban J connectivity index is 1.91. The molecule has 0 spiro atoms. The van der Waals surface area contributed by atoms with Crippen LogP contribution in [0.2, 0.25) is 0 Å². The lowest BCUT2D eigenvalue weighted by Gasteiger charge is -2.10. The van der Waals surface area contributed by atoms with Crippen molar-refractivity contribution in [3.63, 3.8) is 0 Å². The molecule has 0 aliphatic rings. The molecule has 2 aromatic rings. The van der Waals surface area contributed by atoms with Gasteiger partial charge in [-0.25, -0.2) is 0 Å². The van der Waals surface area contributed by atoms with E-state index in [9.17, 15) is 0 Å². The van der Waals surface area contributed by atoms with Gasteiger partial charge in [0, 0.05) is 4.88 Å². The van der Waals surface area contributed by atoms with Gasteiger partial charge in [-0.2, -0.15) is 5.10 Å². The first-order chi connectivity index (χ1) is 9.69. The van der Waals surface area contributed by atoms with Crippen LogP contribution in [0.3, 0.4) is 0 Å². The molecule has 0 amide bonds. The van der Waals surface area contributed by atoms with E-state index in [1.165, 1.54) is 0 Å². The second-order valence-electron chi connectivity index (χ2n) is 3.67. The van der Waals surface area contributed by atoms with Gasteiger partial charge in [-0.05, 0) is 52.4 Å². The molecule has 0 aliphatic heterocycles. The molecule has 20 heavy (non-hydrogen) atoms. The maximum absolute atomic E-state index is 5.23. The van der Waals surface area contributed by atoms with E-state index in [4.69, 9.17) is 17.0 Å². The van der Waals surface area contributed by atoms with Crippen molar-refractivity contribution < 1.29 is 4.74 Å². The van der Waals surface area contributed by atoms with E-state index in [1.807, 2.05) is 36.4 Å². The van der Waals surface area contributed by atoms with Crippen LogP contribution in [0.15, 0.2) is 45.3 Å². The zero-order valence-corrected chi connectivity index (χ0v) is 13.8. The van der Waals surface area contributed by atoms with Gasteiger partial charge in [0.2, 0.25) is 0 Å². The number of nitrogens with one attached hydrogen (secondary N) is 2. The standard InChI is InChI=1S/C13H12BrN3OS2/c1-18-11-5-3-2-4-10(11)16-13(19)17-15-8-9-6-7-12(14)20-9/h2-8H,1H3,(H2,16,17,19)/b15-8-. The molecule has 0 saturated carbocycles. The zero-order chi connectivity index (χ0) is 14.4. The highest BCUT2D eigenvalue weighted by atomic mass is 79.9. The van der Waals surface area contributed by atoms with Crippen LogP contribution in [0.5, 0.6) is 5.75 Å². The summed E-state index contributed by atoms with van der Waals surface area (Å²) in [5.41, 5.74) is 3.56. The Morgan fingerprint density at radius 3 is 2.85 bits per heavy atom. The SMILES string of the molecule is COc1ccccc1NC(=S)N/N=C\c1ccc(Br)s1. The fourth-order valence-electron chi connectivity index (χ4n) is 1.45. The van der Waals surface area contributed by atoms with E-state index in [0.29, 0.717) is 5.11 Å². The minimum atomic E-state index is 0.404. The van der Waals surface area contributed by atoms with E-state index in [0.717, 1.165) is 20.1 Å². The van der Waals surface area contributed by atoms with Gasteiger partial charge in [0.1, 0.15) is 5.75 Å². The number of hydrogen-bond donors (Lipinski definition) is 2. The molecule has 1 heterocycles. The van der Waals surface area contributed by atoms with Crippen LogP contribution >= 0.6 is 39.5 Å². The quantitative estimate of drug-likeness (QED) is 0.488. The van der Waals surface area contributed by atoms with Crippen molar-refractivity contribution in [3.05, 3.63) is 45.1 Å². The Morgan fingerprint density at radius 1 is 1.35 bits per heavy atom. The molecule has 0 radical (unpaired) electrons. The van der Waals surface area contributed by atoms with Gasteiger partial charge in [0.05, 0.1) is 22.8 Å².